The second-order valence-corrected chi connectivity index (χ2v) is 5.69. The first-order valence-corrected chi connectivity index (χ1v) is 7.67. The van der Waals surface area contributed by atoms with Gasteiger partial charge in [-0.05, 0) is 12.1 Å². The van der Waals surface area contributed by atoms with E-state index in [-0.39, 0.29) is 23.2 Å². The summed E-state index contributed by atoms with van der Waals surface area (Å²) in [6.07, 6.45) is 1.66. The van der Waals surface area contributed by atoms with E-state index in [1.165, 1.54) is 17.0 Å². The lowest BCUT2D eigenvalue weighted by Crippen LogP contribution is -2.41. The number of likely N-dealkylation sites (tertiary alicyclic amines) is 1. The number of piperidine rings is 1. The number of carbonyl (C=O) groups excluding carboxylic acids is 1. The summed E-state index contributed by atoms with van der Waals surface area (Å²) >= 11 is 0. The molecular formula is C17H15F2NO5. The monoisotopic (exact) mass is 351 g/mol. The van der Waals surface area contributed by atoms with Crippen LogP contribution in [0.2, 0.25) is 0 Å². The first-order valence-electron chi connectivity index (χ1n) is 7.67. The fraction of sp³-hybridized carbons (Fsp3) is 0.294. The molecule has 6 nitrogen and oxygen atoms in total. The summed E-state index contributed by atoms with van der Waals surface area (Å²) in [5.41, 5.74) is -0.0895. The van der Waals surface area contributed by atoms with Crippen molar-refractivity contribution in [1.82, 2.24) is 4.90 Å². The highest BCUT2D eigenvalue weighted by atomic mass is 19.1. The van der Waals surface area contributed by atoms with Crippen molar-refractivity contribution in [1.29, 1.82) is 0 Å². The summed E-state index contributed by atoms with van der Waals surface area (Å²) in [5, 5.41) is 8.85. The van der Waals surface area contributed by atoms with Crippen molar-refractivity contribution in [3.05, 3.63) is 53.5 Å². The number of hydrogen-bond donors (Lipinski definition) is 1. The summed E-state index contributed by atoms with van der Waals surface area (Å²) in [5.74, 6) is -3.08. The van der Waals surface area contributed by atoms with Crippen molar-refractivity contribution < 1.29 is 32.6 Å². The number of carbonyl (C=O) groups is 2. The molecular weight excluding hydrogens is 336 g/mol. The number of ether oxygens (including phenoxy) is 1. The summed E-state index contributed by atoms with van der Waals surface area (Å²) < 4.78 is 37.0. The Morgan fingerprint density at radius 3 is 2.52 bits per heavy atom. The molecule has 2 heterocycles. The van der Waals surface area contributed by atoms with Crippen LogP contribution in [0.1, 0.15) is 33.8 Å². The van der Waals surface area contributed by atoms with Crippen LogP contribution in [0.5, 0.6) is 5.75 Å². The van der Waals surface area contributed by atoms with Gasteiger partial charge in [-0.3, -0.25) is 4.79 Å². The molecule has 1 aliphatic heterocycles. The van der Waals surface area contributed by atoms with Crippen LogP contribution in [0.4, 0.5) is 8.78 Å². The molecule has 0 bridgehead atoms. The standard InChI is InChI=1S/C17H15F2NO5/c18-11-1-2-14(13(19)8-11)25-12-3-5-20(6-4-12)16(21)15-7-10(9-24-15)17(22)23/h1-2,7-9,12H,3-6H2,(H,22,23). The van der Waals surface area contributed by atoms with Crippen molar-refractivity contribution in [2.45, 2.75) is 18.9 Å². The summed E-state index contributed by atoms with van der Waals surface area (Å²) in [7, 11) is 0. The smallest absolute Gasteiger partial charge is 0.338 e. The zero-order valence-corrected chi connectivity index (χ0v) is 13.1. The van der Waals surface area contributed by atoms with Crippen molar-refractivity contribution in [3.63, 3.8) is 0 Å². The highest BCUT2D eigenvalue weighted by Gasteiger charge is 2.27. The molecule has 1 N–H and O–H groups in total. The van der Waals surface area contributed by atoms with Gasteiger partial charge in [0.15, 0.2) is 17.3 Å². The lowest BCUT2D eigenvalue weighted by Gasteiger charge is -2.31. The van der Waals surface area contributed by atoms with E-state index >= 15 is 0 Å². The predicted molar refractivity (Wildman–Crippen MR) is 81.6 cm³/mol. The first kappa shape index (κ1) is 16.9. The van der Waals surface area contributed by atoms with Crippen LogP contribution in [-0.2, 0) is 0 Å². The number of amides is 1. The second kappa shape index (κ2) is 6.92. The predicted octanol–water partition coefficient (Wildman–Crippen LogP) is 2.94. The third-order valence-electron chi connectivity index (χ3n) is 3.97. The third-order valence-corrected chi connectivity index (χ3v) is 3.97. The van der Waals surface area contributed by atoms with Crippen LogP contribution in [0.15, 0.2) is 34.9 Å². The molecule has 0 aliphatic carbocycles. The molecule has 1 amide bonds. The van der Waals surface area contributed by atoms with Crippen LogP contribution in [0.3, 0.4) is 0 Å². The zero-order valence-electron chi connectivity index (χ0n) is 13.1. The Morgan fingerprint density at radius 2 is 1.92 bits per heavy atom. The van der Waals surface area contributed by atoms with Gasteiger partial charge >= 0.3 is 5.97 Å². The van der Waals surface area contributed by atoms with Gasteiger partial charge in [0, 0.05) is 38.1 Å². The fourth-order valence-electron chi connectivity index (χ4n) is 2.64. The van der Waals surface area contributed by atoms with E-state index in [0.29, 0.717) is 25.9 Å². The van der Waals surface area contributed by atoms with Gasteiger partial charge in [-0.25, -0.2) is 13.6 Å². The first-order chi connectivity index (χ1) is 11.9. The molecule has 25 heavy (non-hydrogen) atoms. The number of benzene rings is 1. The van der Waals surface area contributed by atoms with Gasteiger partial charge in [0.25, 0.3) is 5.91 Å². The van der Waals surface area contributed by atoms with Crippen LogP contribution in [0.25, 0.3) is 0 Å². The fourth-order valence-corrected chi connectivity index (χ4v) is 2.64. The molecule has 132 valence electrons. The molecule has 0 atom stereocenters. The number of carboxylic acids is 1. The number of halogens is 2. The molecule has 0 unspecified atom stereocenters. The largest absolute Gasteiger partial charge is 0.487 e. The molecule has 0 saturated carbocycles. The van der Waals surface area contributed by atoms with Crippen LogP contribution >= 0.6 is 0 Å². The van der Waals surface area contributed by atoms with Crippen molar-refractivity contribution >= 4 is 11.9 Å². The molecule has 1 aromatic carbocycles. The van der Waals surface area contributed by atoms with Gasteiger partial charge in [0.1, 0.15) is 18.2 Å². The van der Waals surface area contributed by atoms with E-state index < -0.39 is 23.5 Å². The van der Waals surface area contributed by atoms with Gasteiger partial charge in [-0.15, -0.1) is 0 Å². The summed E-state index contributed by atoms with van der Waals surface area (Å²) in [6.45, 7) is 0.713. The van der Waals surface area contributed by atoms with Gasteiger partial charge in [0.2, 0.25) is 0 Å². The second-order valence-electron chi connectivity index (χ2n) is 5.69. The maximum Gasteiger partial charge on any atom is 0.338 e. The molecule has 8 heteroatoms. The Labute approximate surface area is 141 Å². The average Bonchev–Trinajstić information content (AvgIpc) is 3.08. The quantitative estimate of drug-likeness (QED) is 0.916. The maximum atomic E-state index is 13.6. The number of rotatable bonds is 4. The molecule has 1 saturated heterocycles. The van der Waals surface area contributed by atoms with Gasteiger partial charge in [-0.2, -0.15) is 0 Å². The summed E-state index contributed by atoms with van der Waals surface area (Å²) in [4.78, 5) is 24.6. The van der Waals surface area contributed by atoms with Crippen LogP contribution in [-0.4, -0.2) is 41.1 Å². The molecule has 1 aliphatic rings. The van der Waals surface area contributed by atoms with E-state index in [0.717, 1.165) is 18.4 Å². The lowest BCUT2D eigenvalue weighted by molar-refractivity contribution is 0.0559. The summed E-state index contributed by atoms with van der Waals surface area (Å²) in [6, 6.07) is 4.29. The topological polar surface area (TPSA) is 80.0 Å². The molecule has 0 spiro atoms. The Morgan fingerprint density at radius 1 is 1.20 bits per heavy atom. The highest BCUT2D eigenvalue weighted by molar-refractivity contribution is 5.95. The van der Waals surface area contributed by atoms with Crippen LogP contribution in [0, 0.1) is 11.6 Å². The molecule has 0 radical (unpaired) electrons. The highest BCUT2D eigenvalue weighted by Crippen LogP contribution is 2.23. The van der Waals surface area contributed by atoms with E-state index in [1.54, 1.807) is 0 Å². The number of nitrogens with zero attached hydrogens (tertiary/aromatic N) is 1. The Bertz CT molecular complexity index is 796. The van der Waals surface area contributed by atoms with Crippen molar-refractivity contribution in [2.75, 3.05) is 13.1 Å². The van der Waals surface area contributed by atoms with E-state index in [1.807, 2.05) is 0 Å². The molecule has 3 rings (SSSR count). The van der Waals surface area contributed by atoms with E-state index in [2.05, 4.69) is 0 Å². The lowest BCUT2D eigenvalue weighted by atomic mass is 10.1. The van der Waals surface area contributed by atoms with Crippen molar-refractivity contribution in [3.8, 4) is 5.75 Å². The van der Waals surface area contributed by atoms with E-state index in [9.17, 15) is 18.4 Å². The van der Waals surface area contributed by atoms with E-state index in [4.69, 9.17) is 14.3 Å². The zero-order chi connectivity index (χ0) is 18.0. The number of carboxylic acid groups (broad SMARTS) is 1. The normalized spacial score (nSPS) is 15.2. The minimum Gasteiger partial charge on any atom is -0.487 e. The third kappa shape index (κ3) is 3.78. The average molecular weight is 351 g/mol. The number of aromatic carboxylic acids is 1. The van der Waals surface area contributed by atoms with Gasteiger partial charge < -0.3 is 19.2 Å². The Kier molecular flexibility index (Phi) is 4.69. The maximum absolute atomic E-state index is 13.6. The molecule has 1 aromatic heterocycles. The van der Waals surface area contributed by atoms with Gasteiger partial charge in [-0.1, -0.05) is 0 Å². The van der Waals surface area contributed by atoms with Crippen molar-refractivity contribution in [2.24, 2.45) is 0 Å². The Balaban J connectivity index is 1.57. The van der Waals surface area contributed by atoms with Gasteiger partial charge in [0.05, 0.1) is 5.56 Å². The number of hydrogen-bond acceptors (Lipinski definition) is 4. The minimum atomic E-state index is -1.17. The van der Waals surface area contributed by atoms with Crippen LogP contribution < -0.4 is 4.74 Å². The number of furan rings is 1. The Hall–Kier alpha value is -2.90. The minimum absolute atomic E-state index is 0.0247. The molecule has 1 fully saturated rings. The SMILES string of the molecule is O=C(O)c1coc(C(=O)N2CCC(Oc3ccc(F)cc3F)CC2)c1. The molecule has 2 aromatic rings.